The molecule has 1 aliphatic heterocycles. The highest BCUT2D eigenvalue weighted by molar-refractivity contribution is 6.31. The summed E-state index contributed by atoms with van der Waals surface area (Å²) in [5, 5.41) is 8.75. The number of hydrogen-bond donors (Lipinski definition) is 1. The number of halogens is 1. The molecule has 1 unspecified atom stereocenters. The Bertz CT molecular complexity index is 402. The number of likely N-dealkylation sites (tertiary alicyclic amines) is 1. The number of nitrogens with one attached hydrogen (secondary N) is 1. The minimum atomic E-state index is 0.669. The van der Waals surface area contributed by atoms with E-state index in [9.17, 15) is 0 Å². The van der Waals surface area contributed by atoms with E-state index < -0.39 is 0 Å². The Morgan fingerprint density at radius 1 is 1.50 bits per heavy atom. The monoisotopic (exact) mass is 270 g/mol. The van der Waals surface area contributed by atoms with Crippen LogP contribution in [0.2, 0.25) is 5.02 Å². The van der Waals surface area contributed by atoms with Gasteiger partial charge in [-0.2, -0.15) is 5.10 Å². The average molecular weight is 271 g/mol. The number of nitrogens with zero attached hydrogens (tertiary/aromatic N) is 3. The lowest BCUT2D eigenvalue weighted by atomic mass is 10.2. The lowest BCUT2D eigenvalue weighted by Crippen LogP contribution is -2.35. The number of rotatable bonds is 5. The first kappa shape index (κ1) is 13.8. The largest absolute Gasteiger partial charge is 0.310 e. The van der Waals surface area contributed by atoms with E-state index in [1.54, 1.807) is 0 Å². The molecule has 102 valence electrons. The maximum absolute atomic E-state index is 6.28. The summed E-state index contributed by atoms with van der Waals surface area (Å²) in [4.78, 5) is 2.43. The summed E-state index contributed by atoms with van der Waals surface area (Å²) in [6, 6.07) is 0.669. The Balaban J connectivity index is 1.90. The van der Waals surface area contributed by atoms with Crippen LogP contribution in [0.25, 0.3) is 0 Å². The Morgan fingerprint density at radius 3 is 2.89 bits per heavy atom. The molecule has 0 saturated carbocycles. The van der Waals surface area contributed by atoms with Crippen LogP contribution < -0.4 is 5.32 Å². The van der Waals surface area contributed by atoms with Crippen LogP contribution in [0.1, 0.15) is 31.2 Å². The normalized spacial score (nSPS) is 20.8. The molecular weight excluding hydrogens is 248 g/mol. The Labute approximate surface area is 114 Å². The van der Waals surface area contributed by atoms with Crippen LogP contribution in [0.3, 0.4) is 0 Å². The van der Waals surface area contributed by atoms with Gasteiger partial charge in [-0.3, -0.25) is 4.68 Å². The number of aryl methyl sites for hydroxylation is 2. The molecule has 1 fully saturated rings. The fraction of sp³-hybridized carbons (Fsp3) is 0.769. The maximum Gasteiger partial charge on any atom is 0.0860 e. The maximum atomic E-state index is 6.28. The summed E-state index contributed by atoms with van der Waals surface area (Å²) in [6.45, 7) is 7.98. The van der Waals surface area contributed by atoms with Gasteiger partial charge in [-0.05, 0) is 40.3 Å². The molecule has 0 aliphatic carbocycles. The molecule has 18 heavy (non-hydrogen) atoms. The van der Waals surface area contributed by atoms with Crippen molar-refractivity contribution in [2.45, 2.75) is 45.8 Å². The molecule has 0 bridgehead atoms. The van der Waals surface area contributed by atoms with Crippen molar-refractivity contribution in [3.05, 3.63) is 16.4 Å². The Kier molecular flexibility index (Phi) is 4.65. The standard InChI is InChI=1S/C13H23ClN4/c1-4-18-12(13(14)10(2)16-18)9-15-8-11-6-5-7-17(11)3/h11,15H,4-9H2,1-3H3. The lowest BCUT2D eigenvalue weighted by Gasteiger charge is -2.19. The zero-order chi connectivity index (χ0) is 13.1. The lowest BCUT2D eigenvalue weighted by molar-refractivity contribution is 0.299. The zero-order valence-electron chi connectivity index (χ0n) is 11.5. The molecule has 0 aromatic carbocycles. The fourth-order valence-corrected chi connectivity index (χ4v) is 2.83. The molecule has 1 saturated heterocycles. The minimum absolute atomic E-state index is 0.669. The topological polar surface area (TPSA) is 33.1 Å². The molecule has 4 nitrogen and oxygen atoms in total. The van der Waals surface area contributed by atoms with Crippen LogP contribution in [-0.4, -0.2) is 40.9 Å². The molecule has 1 aromatic heterocycles. The van der Waals surface area contributed by atoms with Crippen molar-refractivity contribution < 1.29 is 0 Å². The molecule has 0 spiro atoms. The Morgan fingerprint density at radius 2 is 2.28 bits per heavy atom. The van der Waals surface area contributed by atoms with Crippen LogP contribution in [0, 0.1) is 6.92 Å². The summed E-state index contributed by atoms with van der Waals surface area (Å²) in [5.74, 6) is 0. The molecule has 0 radical (unpaired) electrons. The van der Waals surface area contributed by atoms with Gasteiger partial charge in [-0.15, -0.1) is 0 Å². The number of hydrogen-bond acceptors (Lipinski definition) is 3. The van der Waals surface area contributed by atoms with Crippen LogP contribution in [-0.2, 0) is 13.1 Å². The van der Waals surface area contributed by atoms with Crippen LogP contribution in [0.4, 0.5) is 0 Å². The summed E-state index contributed by atoms with van der Waals surface area (Å²) in [6.07, 6.45) is 2.61. The third-order valence-corrected chi connectivity index (χ3v) is 4.29. The number of aromatic nitrogens is 2. The van der Waals surface area contributed by atoms with Gasteiger partial charge < -0.3 is 10.2 Å². The van der Waals surface area contributed by atoms with Crippen LogP contribution >= 0.6 is 11.6 Å². The van der Waals surface area contributed by atoms with E-state index >= 15 is 0 Å². The van der Waals surface area contributed by atoms with Crippen molar-refractivity contribution in [3.8, 4) is 0 Å². The molecule has 2 rings (SSSR count). The molecule has 1 aliphatic rings. The molecule has 0 amide bonds. The van der Waals surface area contributed by atoms with E-state index in [0.717, 1.165) is 36.0 Å². The van der Waals surface area contributed by atoms with Crippen LogP contribution in [0.5, 0.6) is 0 Å². The second-order valence-corrected chi connectivity index (χ2v) is 5.45. The van der Waals surface area contributed by atoms with Crippen LogP contribution in [0.15, 0.2) is 0 Å². The summed E-state index contributed by atoms with van der Waals surface area (Å²) < 4.78 is 1.99. The van der Waals surface area contributed by atoms with Crippen molar-refractivity contribution in [2.24, 2.45) is 0 Å². The highest BCUT2D eigenvalue weighted by atomic mass is 35.5. The van der Waals surface area contributed by atoms with E-state index in [4.69, 9.17) is 11.6 Å². The summed E-state index contributed by atoms with van der Waals surface area (Å²) in [7, 11) is 2.20. The first-order chi connectivity index (χ1) is 8.63. The second-order valence-electron chi connectivity index (χ2n) is 5.07. The quantitative estimate of drug-likeness (QED) is 0.889. The minimum Gasteiger partial charge on any atom is -0.310 e. The van der Waals surface area contributed by atoms with Crippen molar-refractivity contribution in [1.82, 2.24) is 20.0 Å². The third-order valence-electron chi connectivity index (χ3n) is 3.80. The van der Waals surface area contributed by atoms with Crippen molar-refractivity contribution in [2.75, 3.05) is 20.1 Å². The van der Waals surface area contributed by atoms with Crippen molar-refractivity contribution in [1.29, 1.82) is 0 Å². The predicted octanol–water partition coefficient (Wildman–Crippen LogP) is 2.05. The average Bonchev–Trinajstić information content (AvgIpc) is 2.87. The van der Waals surface area contributed by atoms with Gasteiger partial charge in [0, 0.05) is 25.7 Å². The Hall–Kier alpha value is -0.580. The first-order valence-corrected chi connectivity index (χ1v) is 7.14. The van der Waals surface area contributed by atoms with E-state index in [1.165, 1.54) is 19.4 Å². The van der Waals surface area contributed by atoms with Gasteiger partial charge in [0.15, 0.2) is 0 Å². The second kappa shape index (κ2) is 6.04. The van der Waals surface area contributed by atoms with Gasteiger partial charge in [0.2, 0.25) is 0 Å². The van der Waals surface area contributed by atoms with E-state index in [0.29, 0.717) is 6.04 Å². The zero-order valence-corrected chi connectivity index (χ0v) is 12.3. The highest BCUT2D eigenvalue weighted by Gasteiger charge is 2.20. The molecule has 2 heterocycles. The predicted molar refractivity (Wildman–Crippen MR) is 75.0 cm³/mol. The molecule has 1 aromatic rings. The van der Waals surface area contributed by atoms with E-state index in [-0.39, 0.29) is 0 Å². The van der Waals surface area contributed by atoms with Gasteiger partial charge >= 0.3 is 0 Å². The number of likely N-dealkylation sites (N-methyl/N-ethyl adjacent to an activating group) is 1. The van der Waals surface area contributed by atoms with Gasteiger partial charge in [0.25, 0.3) is 0 Å². The van der Waals surface area contributed by atoms with Gasteiger partial charge in [-0.1, -0.05) is 11.6 Å². The van der Waals surface area contributed by atoms with Gasteiger partial charge in [0.1, 0.15) is 0 Å². The SMILES string of the molecule is CCn1nc(C)c(Cl)c1CNCC1CCCN1C. The van der Waals surface area contributed by atoms with Gasteiger partial charge in [-0.25, -0.2) is 0 Å². The van der Waals surface area contributed by atoms with E-state index in [1.807, 2.05) is 11.6 Å². The van der Waals surface area contributed by atoms with Crippen molar-refractivity contribution >= 4 is 11.6 Å². The third kappa shape index (κ3) is 2.87. The molecular formula is C13H23ClN4. The summed E-state index contributed by atoms with van der Waals surface area (Å²) >= 11 is 6.28. The van der Waals surface area contributed by atoms with Crippen molar-refractivity contribution in [3.63, 3.8) is 0 Å². The highest BCUT2D eigenvalue weighted by Crippen LogP contribution is 2.20. The van der Waals surface area contributed by atoms with E-state index in [2.05, 4.69) is 29.3 Å². The smallest absolute Gasteiger partial charge is 0.0860 e. The molecule has 5 heteroatoms. The molecule has 1 N–H and O–H groups in total. The van der Waals surface area contributed by atoms with Gasteiger partial charge in [0.05, 0.1) is 16.4 Å². The fourth-order valence-electron chi connectivity index (χ4n) is 2.63. The summed E-state index contributed by atoms with van der Waals surface area (Å²) in [5.41, 5.74) is 2.03. The molecule has 1 atom stereocenters. The first-order valence-electron chi connectivity index (χ1n) is 6.76.